The molecule has 1 N–H and O–H groups in total. The molecule has 2 fully saturated rings. The highest BCUT2D eigenvalue weighted by Gasteiger charge is 2.29. The van der Waals surface area contributed by atoms with Crippen molar-refractivity contribution in [1.82, 2.24) is 19.7 Å². The van der Waals surface area contributed by atoms with Crippen LogP contribution in [0.4, 0.5) is 4.79 Å². The predicted molar refractivity (Wildman–Crippen MR) is 133 cm³/mol. The second-order valence-corrected chi connectivity index (χ2v) is 10.5. The summed E-state index contributed by atoms with van der Waals surface area (Å²) in [4.78, 5) is 29.7. The molecule has 1 aromatic carbocycles. The van der Waals surface area contributed by atoms with Crippen molar-refractivity contribution in [3.05, 3.63) is 59.9 Å². The van der Waals surface area contributed by atoms with Crippen molar-refractivity contribution >= 4 is 12.0 Å². The number of amides is 2. The summed E-state index contributed by atoms with van der Waals surface area (Å²) in [7, 11) is 0. The molecule has 0 spiro atoms. The van der Waals surface area contributed by atoms with E-state index in [0.717, 1.165) is 45.3 Å². The number of benzene rings is 1. The van der Waals surface area contributed by atoms with Gasteiger partial charge in [0.15, 0.2) is 0 Å². The fraction of sp³-hybridized carbons (Fsp3) is 0.556. The summed E-state index contributed by atoms with van der Waals surface area (Å²) in [6.45, 7) is 9.87. The van der Waals surface area contributed by atoms with Crippen molar-refractivity contribution in [1.29, 1.82) is 0 Å². The molecule has 2 aromatic rings. The van der Waals surface area contributed by atoms with Gasteiger partial charge in [0.25, 0.3) is 5.91 Å². The van der Waals surface area contributed by atoms with E-state index in [1.54, 1.807) is 4.90 Å². The van der Waals surface area contributed by atoms with Crippen LogP contribution in [-0.2, 0) is 11.3 Å². The SMILES string of the molecule is CC(C)(C)OC(=O)N1CCC(n2cccc2C(=O)NC2CCN(Cc3ccccc3)CC2)CC1. The third-order valence-electron chi connectivity index (χ3n) is 6.69. The zero-order chi connectivity index (χ0) is 24.1. The Bertz CT molecular complexity index is 950. The minimum atomic E-state index is -0.489. The van der Waals surface area contributed by atoms with Crippen LogP contribution in [0.15, 0.2) is 48.7 Å². The van der Waals surface area contributed by atoms with Gasteiger partial charge in [0.05, 0.1) is 0 Å². The number of likely N-dealkylation sites (tertiary alicyclic amines) is 2. The van der Waals surface area contributed by atoms with E-state index in [2.05, 4.69) is 39.0 Å². The van der Waals surface area contributed by atoms with Gasteiger partial charge in [0.2, 0.25) is 0 Å². The van der Waals surface area contributed by atoms with Crippen molar-refractivity contribution in [3.63, 3.8) is 0 Å². The summed E-state index contributed by atoms with van der Waals surface area (Å²) >= 11 is 0. The van der Waals surface area contributed by atoms with Crippen LogP contribution in [0.5, 0.6) is 0 Å². The number of carbonyl (C=O) groups is 2. The number of aromatic nitrogens is 1. The smallest absolute Gasteiger partial charge is 0.410 e. The molecule has 2 aliphatic heterocycles. The lowest BCUT2D eigenvalue weighted by Gasteiger charge is -2.35. The number of piperidine rings is 2. The highest BCUT2D eigenvalue weighted by molar-refractivity contribution is 5.93. The van der Waals surface area contributed by atoms with Gasteiger partial charge in [-0.25, -0.2) is 4.79 Å². The van der Waals surface area contributed by atoms with Crippen LogP contribution < -0.4 is 5.32 Å². The van der Waals surface area contributed by atoms with E-state index in [1.807, 2.05) is 45.2 Å². The zero-order valence-corrected chi connectivity index (χ0v) is 20.7. The van der Waals surface area contributed by atoms with Crippen LogP contribution in [0, 0.1) is 0 Å². The van der Waals surface area contributed by atoms with E-state index < -0.39 is 5.60 Å². The van der Waals surface area contributed by atoms with Crippen molar-refractivity contribution in [2.75, 3.05) is 26.2 Å². The molecule has 0 unspecified atom stereocenters. The lowest BCUT2D eigenvalue weighted by atomic mass is 10.0. The minimum absolute atomic E-state index is 0.00100. The van der Waals surface area contributed by atoms with Crippen LogP contribution in [0.3, 0.4) is 0 Å². The quantitative estimate of drug-likeness (QED) is 0.707. The average molecular weight is 467 g/mol. The second-order valence-electron chi connectivity index (χ2n) is 10.5. The Hall–Kier alpha value is -2.80. The van der Waals surface area contributed by atoms with E-state index in [4.69, 9.17) is 4.74 Å². The summed E-state index contributed by atoms with van der Waals surface area (Å²) < 4.78 is 7.59. The number of hydrogen-bond donors (Lipinski definition) is 1. The van der Waals surface area contributed by atoms with Gasteiger partial charge < -0.3 is 19.5 Å². The van der Waals surface area contributed by atoms with Crippen molar-refractivity contribution in [2.24, 2.45) is 0 Å². The van der Waals surface area contributed by atoms with Gasteiger partial charge >= 0.3 is 6.09 Å². The Morgan fingerprint density at radius 3 is 2.26 bits per heavy atom. The summed E-state index contributed by atoms with van der Waals surface area (Å²) in [6, 6.07) is 14.8. The monoisotopic (exact) mass is 466 g/mol. The van der Waals surface area contributed by atoms with Gasteiger partial charge in [0, 0.05) is 51.0 Å². The summed E-state index contributed by atoms with van der Waals surface area (Å²) in [5.41, 5.74) is 1.56. The van der Waals surface area contributed by atoms with Crippen LogP contribution >= 0.6 is 0 Å². The molecule has 184 valence electrons. The zero-order valence-electron chi connectivity index (χ0n) is 20.7. The second kappa shape index (κ2) is 10.6. The minimum Gasteiger partial charge on any atom is -0.444 e. The molecule has 0 saturated carbocycles. The fourth-order valence-electron chi connectivity index (χ4n) is 4.89. The molecule has 4 rings (SSSR count). The molecule has 34 heavy (non-hydrogen) atoms. The molecule has 0 atom stereocenters. The molecule has 3 heterocycles. The van der Waals surface area contributed by atoms with Gasteiger partial charge in [-0.1, -0.05) is 30.3 Å². The maximum absolute atomic E-state index is 13.1. The average Bonchev–Trinajstić information content (AvgIpc) is 3.30. The van der Waals surface area contributed by atoms with Crippen LogP contribution in [0.1, 0.15) is 68.5 Å². The molecule has 2 amide bonds. The first-order valence-electron chi connectivity index (χ1n) is 12.5. The largest absolute Gasteiger partial charge is 0.444 e. The Kier molecular flexibility index (Phi) is 7.61. The first-order valence-corrected chi connectivity index (χ1v) is 12.5. The molecule has 7 heteroatoms. The van der Waals surface area contributed by atoms with E-state index in [-0.39, 0.29) is 24.1 Å². The standard InChI is InChI=1S/C27H38N4O3/c1-27(2,3)34-26(33)30-18-13-23(14-19-30)31-15-7-10-24(31)25(32)28-22-11-16-29(17-12-22)20-21-8-5-4-6-9-21/h4-10,15,22-23H,11-14,16-20H2,1-3H3,(H,28,32). The molecular weight excluding hydrogens is 428 g/mol. The summed E-state index contributed by atoms with van der Waals surface area (Å²) in [5.74, 6) is 0.00100. The number of hydrogen-bond acceptors (Lipinski definition) is 4. The third kappa shape index (κ3) is 6.41. The summed E-state index contributed by atoms with van der Waals surface area (Å²) in [5, 5.41) is 3.27. The highest BCUT2D eigenvalue weighted by atomic mass is 16.6. The number of nitrogens with one attached hydrogen (secondary N) is 1. The number of nitrogens with zero attached hydrogens (tertiary/aromatic N) is 3. The molecule has 2 saturated heterocycles. The van der Waals surface area contributed by atoms with Crippen LogP contribution in [-0.4, -0.2) is 64.2 Å². The van der Waals surface area contributed by atoms with Crippen molar-refractivity contribution in [3.8, 4) is 0 Å². The molecule has 0 radical (unpaired) electrons. The van der Waals surface area contributed by atoms with E-state index >= 15 is 0 Å². The maximum atomic E-state index is 13.1. The van der Waals surface area contributed by atoms with Crippen molar-refractivity contribution < 1.29 is 14.3 Å². The lowest BCUT2D eigenvalue weighted by molar-refractivity contribution is 0.0187. The Balaban J connectivity index is 1.26. The predicted octanol–water partition coefficient (Wildman–Crippen LogP) is 4.45. The Morgan fingerprint density at radius 2 is 1.62 bits per heavy atom. The number of rotatable bonds is 5. The Labute approximate surface area is 203 Å². The van der Waals surface area contributed by atoms with Gasteiger partial charge in [0.1, 0.15) is 11.3 Å². The first-order chi connectivity index (χ1) is 16.3. The number of carbonyl (C=O) groups excluding carboxylic acids is 2. The van der Waals surface area contributed by atoms with E-state index in [0.29, 0.717) is 18.8 Å². The molecule has 0 aliphatic carbocycles. The van der Waals surface area contributed by atoms with Gasteiger partial charge in [-0.05, 0) is 64.2 Å². The van der Waals surface area contributed by atoms with Crippen molar-refractivity contribution in [2.45, 2.75) is 70.7 Å². The first kappa shape index (κ1) is 24.3. The third-order valence-corrected chi connectivity index (χ3v) is 6.69. The van der Waals surface area contributed by atoms with Crippen LogP contribution in [0.25, 0.3) is 0 Å². The molecule has 7 nitrogen and oxygen atoms in total. The number of ether oxygens (including phenoxy) is 1. The van der Waals surface area contributed by atoms with E-state index in [9.17, 15) is 9.59 Å². The Morgan fingerprint density at radius 1 is 0.941 bits per heavy atom. The summed E-state index contributed by atoms with van der Waals surface area (Å²) in [6.07, 6.45) is 5.29. The van der Waals surface area contributed by atoms with E-state index in [1.165, 1.54) is 5.56 Å². The normalized spacial score (nSPS) is 18.6. The molecular formula is C27H38N4O3. The van der Waals surface area contributed by atoms with Crippen LogP contribution in [0.2, 0.25) is 0 Å². The van der Waals surface area contributed by atoms with Gasteiger partial charge in [-0.15, -0.1) is 0 Å². The lowest BCUT2D eigenvalue weighted by Crippen LogP contribution is -2.45. The molecule has 0 bridgehead atoms. The molecule has 1 aromatic heterocycles. The fourth-order valence-corrected chi connectivity index (χ4v) is 4.89. The van der Waals surface area contributed by atoms with Gasteiger partial charge in [-0.3, -0.25) is 9.69 Å². The topological polar surface area (TPSA) is 66.8 Å². The van der Waals surface area contributed by atoms with Gasteiger partial charge in [-0.2, -0.15) is 0 Å². The molecule has 2 aliphatic rings. The highest BCUT2D eigenvalue weighted by Crippen LogP contribution is 2.26. The maximum Gasteiger partial charge on any atom is 0.410 e.